The first kappa shape index (κ1) is 20.1. The van der Waals surface area contributed by atoms with Gasteiger partial charge >= 0.3 is 0 Å². The van der Waals surface area contributed by atoms with Crippen LogP contribution in [-0.2, 0) is 9.59 Å². The third-order valence-electron chi connectivity index (χ3n) is 5.64. The maximum absolute atomic E-state index is 13.0. The summed E-state index contributed by atoms with van der Waals surface area (Å²) >= 11 is 7.97. The molecule has 0 spiro atoms. The smallest absolute Gasteiger partial charge is 0.228 e. The van der Waals surface area contributed by atoms with Gasteiger partial charge in [0.1, 0.15) is 0 Å². The van der Waals surface area contributed by atoms with E-state index in [0.29, 0.717) is 19.6 Å². The van der Waals surface area contributed by atoms with Crippen molar-refractivity contribution < 1.29 is 9.59 Å². The van der Waals surface area contributed by atoms with Crippen molar-refractivity contribution >= 4 is 46.6 Å². The number of rotatable bonds is 4. The van der Waals surface area contributed by atoms with E-state index in [4.69, 9.17) is 11.6 Å². The van der Waals surface area contributed by atoms with E-state index < -0.39 is 0 Å². The third-order valence-corrected chi connectivity index (χ3v) is 6.71. The molecule has 0 aromatic heterocycles. The van der Waals surface area contributed by atoms with Crippen LogP contribution in [0.1, 0.15) is 6.42 Å². The summed E-state index contributed by atoms with van der Waals surface area (Å²) in [5.74, 6) is -0.162. The number of hydrogen-bond acceptors (Lipinski definition) is 4. The minimum absolute atomic E-state index is 0.0231. The molecule has 152 valence electrons. The lowest BCUT2D eigenvalue weighted by Crippen LogP contribution is -2.50. The fourth-order valence-electron chi connectivity index (χ4n) is 4.02. The number of amides is 2. The van der Waals surface area contributed by atoms with Crippen molar-refractivity contribution in [1.29, 1.82) is 0 Å². The molecule has 5 nitrogen and oxygen atoms in total. The Balaban J connectivity index is 1.37. The van der Waals surface area contributed by atoms with Gasteiger partial charge in [-0.05, 0) is 42.7 Å². The highest BCUT2D eigenvalue weighted by atomic mass is 35.5. The van der Waals surface area contributed by atoms with E-state index >= 15 is 0 Å². The molecule has 2 saturated heterocycles. The molecule has 0 bridgehead atoms. The van der Waals surface area contributed by atoms with Crippen molar-refractivity contribution in [2.45, 2.75) is 11.3 Å². The zero-order valence-corrected chi connectivity index (χ0v) is 18.0. The van der Waals surface area contributed by atoms with Crippen LogP contribution in [0.4, 0.5) is 11.4 Å². The molecule has 1 atom stereocenters. The van der Waals surface area contributed by atoms with Gasteiger partial charge in [0, 0.05) is 49.7 Å². The fourth-order valence-corrected chi connectivity index (χ4v) is 4.68. The van der Waals surface area contributed by atoms with E-state index in [-0.39, 0.29) is 24.2 Å². The highest BCUT2D eigenvalue weighted by Crippen LogP contribution is 2.29. The number of carbonyl (C=O) groups excluding carboxylic acids is 2. The van der Waals surface area contributed by atoms with Gasteiger partial charge in [0.2, 0.25) is 11.8 Å². The number of piperazine rings is 1. The SMILES string of the molecule is CSc1ccc(N2CC(C(=O)N3CCN(c4ccccc4Cl)CC3)CC2=O)cc1. The largest absolute Gasteiger partial charge is 0.367 e. The highest BCUT2D eigenvalue weighted by molar-refractivity contribution is 7.98. The molecule has 29 heavy (non-hydrogen) atoms. The summed E-state index contributed by atoms with van der Waals surface area (Å²) in [6.45, 7) is 3.25. The summed E-state index contributed by atoms with van der Waals surface area (Å²) in [5.41, 5.74) is 1.88. The minimum atomic E-state index is -0.269. The van der Waals surface area contributed by atoms with Gasteiger partial charge in [-0.25, -0.2) is 0 Å². The second-order valence-corrected chi connectivity index (χ2v) is 8.65. The normalized spacial score (nSPS) is 19.7. The number of nitrogens with zero attached hydrogens (tertiary/aromatic N) is 3. The molecule has 1 unspecified atom stereocenters. The molecule has 0 saturated carbocycles. The summed E-state index contributed by atoms with van der Waals surface area (Å²) in [5, 5.41) is 0.733. The maximum Gasteiger partial charge on any atom is 0.228 e. The van der Waals surface area contributed by atoms with Crippen LogP contribution in [0.25, 0.3) is 0 Å². The zero-order chi connectivity index (χ0) is 20.4. The van der Waals surface area contributed by atoms with E-state index in [0.717, 1.165) is 34.4 Å². The molecule has 7 heteroatoms. The Morgan fingerprint density at radius 2 is 1.72 bits per heavy atom. The Labute approximate surface area is 180 Å². The average Bonchev–Trinajstić information content (AvgIpc) is 3.15. The first-order valence-electron chi connectivity index (χ1n) is 9.79. The standard InChI is InChI=1S/C22H24ClN3O2S/c1-29-18-8-6-17(7-9-18)26-15-16(14-21(26)27)22(28)25-12-10-24(11-13-25)20-5-3-2-4-19(20)23/h2-9,16H,10-15H2,1H3. The highest BCUT2D eigenvalue weighted by Gasteiger charge is 2.38. The molecule has 2 aliphatic heterocycles. The second kappa shape index (κ2) is 8.67. The van der Waals surface area contributed by atoms with E-state index in [1.807, 2.05) is 59.7 Å². The predicted octanol–water partition coefficient (Wildman–Crippen LogP) is 3.76. The molecule has 2 amide bonds. The van der Waals surface area contributed by atoms with E-state index in [1.54, 1.807) is 16.7 Å². The van der Waals surface area contributed by atoms with Gasteiger partial charge < -0.3 is 14.7 Å². The Bertz CT molecular complexity index is 897. The van der Waals surface area contributed by atoms with Crippen molar-refractivity contribution in [2.24, 2.45) is 5.92 Å². The lowest BCUT2D eigenvalue weighted by atomic mass is 10.1. The molecule has 0 radical (unpaired) electrons. The van der Waals surface area contributed by atoms with Crippen LogP contribution < -0.4 is 9.80 Å². The van der Waals surface area contributed by atoms with Crippen molar-refractivity contribution in [3.05, 3.63) is 53.6 Å². The monoisotopic (exact) mass is 429 g/mol. The average molecular weight is 430 g/mol. The predicted molar refractivity (Wildman–Crippen MR) is 119 cm³/mol. The molecule has 2 fully saturated rings. The number of halogens is 1. The molecule has 2 aromatic rings. The number of anilines is 2. The van der Waals surface area contributed by atoms with Crippen LogP contribution in [0, 0.1) is 5.92 Å². The maximum atomic E-state index is 13.0. The Morgan fingerprint density at radius 1 is 1.03 bits per heavy atom. The minimum Gasteiger partial charge on any atom is -0.367 e. The van der Waals surface area contributed by atoms with Crippen molar-refractivity contribution in [1.82, 2.24) is 4.90 Å². The van der Waals surface area contributed by atoms with Gasteiger partial charge in [0.05, 0.1) is 16.6 Å². The van der Waals surface area contributed by atoms with Crippen LogP contribution in [-0.4, -0.2) is 55.7 Å². The quantitative estimate of drug-likeness (QED) is 0.694. The molecule has 2 aromatic carbocycles. The lowest BCUT2D eigenvalue weighted by Gasteiger charge is -2.37. The van der Waals surface area contributed by atoms with Crippen molar-refractivity contribution in [3.63, 3.8) is 0 Å². The van der Waals surface area contributed by atoms with Gasteiger partial charge in [-0.2, -0.15) is 0 Å². The zero-order valence-electron chi connectivity index (χ0n) is 16.4. The molecular weight excluding hydrogens is 406 g/mol. The summed E-state index contributed by atoms with van der Waals surface area (Å²) < 4.78 is 0. The molecule has 2 aliphatic rings. The Hall–Kier alpha value is -2.18. The van der Waals surface area contributed by atoms with E-state index in [1.165, 1.54) is 0 Å². The van der Waals surface area contributed by atoms with E-state index in [9.17, 15) is 9.59 Å². The van der Waals surface area contributed by atoms with Crippen LogP contribution >= 0.6 is 23.4 Å². The third kappa shape index (κ3) is 4.23. The van der Waals surface area contributed by atoms with Crippen LogP contribution in [0.3, 0.4) is 0 Å². The number of benzene rings is 2. The van der Waals surface area contributed by atoms with Gasteiger partial charge in [-0.3, -0.25) is 9.59 Å². The topological polar surface area (TPSA) is 43.9 Å². The van der Waals surface area contributed by atoms with Crippen molar-refractivity contribution in [3.8, 4) is 0 Å². The Morgan fingerprint density at radius 3 is 2.38 bits per heavy atom. The number of carbonyl (C=O) groups is 2. The summed E-state index contributed by atoms with van der Waals surface area (Å²) in [6.07, 6.45) is 2.31. The van der Waals surface area contributed by atoms with E-state index in [2.05, 4.69) is 4.90 Å². The molecule has 0 N–H and O–H groups in total. The van der Waals surface area contributed by atoms with Gasteiger partial charge in [-0.15, -0.1) is 11.8 Å². The number of thioether (sulfide) groups is 1. The van der Waals surface area contributed by atoms with Gasteiger partial charge in [0.25, 0.3) is 0 Å². The first-order chi connectivity index (χ1) is 14.1. The van der Waals surface area contributed by atoms with Gasteiger partial charge in [-0.1, -0.05) is 23.7 Å². The molecule has 4 rings (SSSR count). The van der Waals surface area contributed by atoms with Crippen molar-refractivity contribution in [2.75, 3.05) is 48.8 Å². The number of hydrogen-bond donors (Lipinski definition) is 0. The fraction of sp³-hybridized carbons (Fsp3) is 0.364. The summed E-state index contributed by atoms with van der Waals surface area (Å²) in [7, 11) is 0. The summed E-state index contributed by atoms with van der Waals surface area (Å²) in [6, 6.07) is 15.7. The molecule has 2 heterocycles. The number of para-hydroxylation sites is 1. The molecular formula is C22H24ClN3O2S. The van der Waals surface area contributed by atoms with Gasteiger partial charge in [0.15, 0.2) is 0 Å². The van der Waals surface area contributed by atoms with Crippen LogP contribution in [0.2, 0.25) is 5.02 Å². The lowest BCUT2D eigenvalue weighted by molar-refractivity contribution is -0.136. The summed E-state index contributed by atoms with van der Waals surface area (Å²) in [4.78, 5) is 32.6. The Kier molecular flexibility index (Phi) is 6.01. The van der Waals surface area contributed by atoms with Crippen LogP contribution in [0.5, 0.6) is 0 Å². The molecule has 0 aliphatic carbocycles. The first-order valence-corrected chi connectivity index (χ1v) is 11.4. The van der Waals surface area contributed by atoms with Crippen LogP contribution in [0.15, 0.2) is 53.4 Å². The second-order valence-electron chi connectivity index (χ2n) is 7.37.